The van der Waals surface area contributed by atoms with Gasteiger partial charge in [-0.15, -0.1) is 0 Å². The zero-order chi connectivity index (χ0) is 11.5. The number of nitrogens with zero attached hydrogens (tertiary/aromatic N) is 1. The molecule has 1 fully saturated rings. The van der Waals surface area contributed by atoms with Crippen molar-refractivity contribution in [3.63, 3.8) is 0 Å². The van der Waals surface area contributed by atoms with Crippen LogP contribution in [0.25, 0.3) is 0 Å². The van der Waals surface area contributed by atoms with Crippen molar-refractivity contribution in [3.05, 3.63) is 24.0 Å². The van der Waals surface area contributed by atoms with E-state index in [9.17, 15) is 4.39 Å². The smallest absolute Gasteiger partial charge is 0.167 e. The van der Waals surface area contributed by atoms with Crippen LogP contribution < -0.4 is 15.4 Å². The molecule has 2 rings (SSSR count). The molecule has 16 heavy (non-hydrogen) atoms. The van der Waals surface area contributed by atoms with Crippen molar-refractivity contribution in [3.8, 4) is 5.75 Å². The lowest BCUT2D eigenvalue weighted by Crippen LogP contribution is -2.26. The number of hydrogen-bond donors (Lipinski definition) is 1. The topological polar surface area (TPSA) is 38.5 Å². The van der Waals surface area contributed by atoms with Gasteiger partial charge in [-0.25, -0.2) is 4.39 Å². The van der Waals surface area contributed by atoms with Crippen LogP contribution in [0, 0.1) is 5.82 Å². The van der Waals surface area contributed by atoms with Crippen LogP contribution in [0.5, 0.6) is 5.75 Å². The molecule has 1 saturated heterocycles. The first-order valence-corrected chi connectivity index (χ1v) is 5.63. The van der Waals surface area contributed by atoms with Gasteiger partial charge in [-0.2, -0.15) is 0 Å². The second kappa shape index (κ2) is 4.70. The van der Waals surface area contributed by atoms with E-state index < -0.39 is 0 Å². The van der Waals surface area contributed by atoms with Crippen molar-refractivity contribution in [2.45, 2.75) is 19.4 Å². The molecular weight excluding hydrogens is 207 g/mol. The van der Waals surface area contributed by atoms with E-state index in [1.807, 2.05) is 13.0 Å². The molecule has 1 atom stereocenters. The van der Waals surface area contributed by atoms with E-state index in [1.165, 1.54) is 6.07 Å². The van der Waals surface area contributed by atoms with Gasteiger partial charge in [-0.1, -0.05) is 0 Å². The van der Waals surface area contributed by atoms with Gasteiger partial charge in [0.15, 0.2) is 11.6 Å². The van der Waals surface area contributed by atoms with Gasteiger partial charge < -0.3 is 15.4 Å². The van der Waals surface area contributed by atoms with E-state index in [4.69, 9.17) is 10.5 Å². The van der Waals surface area contributed by atoms with Gasteiger partial charge in [-0.05, 0) is 25.5 Å². The minimum Gasteiger partial charge on any atom is -0.491 e. The number of rotatable bonds is 3. The number of anilines is 1. The lowest BCUT2D eigenvalue weighted by molar-refractivity contribution is 0.321. The Morgan fingerprint density at radius 2 is 2.38 bits per heavy atom. The summed E-state index contributed by atoms with van der Waals surface area (Å²) in [5.41, 5.74) is 6.70. The first-order chi connectivity index (χ1) is 7.70. The molecule has 0 spiro atoms. The molecular formula is C12H17FN2O. The highest BCUT2D eigenvalue weighted by Gasteiger charge is 2.20. The molecule has 1 aliphatic heterocycles. The number of ether oxygens (including phenoxy) is 1. The van der Waals surface area contributed by atoms with Crippen molar-refractivity contribution in [2.75, 3.05) is 24.6 Å². The fourth-order valence-electron chi connectivity index (χ4n) is 1.98. The SMILES string of the molecule is CCOc1ccc(N2CCC(N)C2)cc1F. The normalized spacial score (nSPS) is 20.2. The lowest BCUT2D eigenvalue weighted by Gasteiger charge is -2.18. The third-order valence-corrected chi connectivity index (χ3v) is 2.81. The maximum atomic E-state index is 13.6. The van der Waals surface area contributed by atoms with Gasteiger partial charge in [0.05, 0.1) is 6.61 Å². The van der Waals surface area contributed by atoms with Gasteiger partial charge in [0.2, 0.25) is 0 Å². The second-order valence-electron chi connectivity index (χ2n) is 4.04. The summed E-state index contributed by atoms with van der Waals surface area (Å²) in [5.74, 6) is 0.00886. The first-order valence-electron chi connectivity index (χ1n) is 5.63. The Bertz CT molecular complexity index is 370. The number of hydrogen-bond acceptors (Lipinski definition) is 3. The fraction of sp³-hybridized carbons (Fsp3) is 0.500. The standard InChI is InChI=1S/C12H17FN2O/c1-2-16-12-4-3-10(7-11(12)13)15-6-5-9(14)8-15/h3-4,7,9H,2,5-6,8,14H2,1H3. The summed E-state index contributed by atoms with van der Waals surface area (Å²) in [7, 11) is 0. The van der Waals surface area contributed by atoms with Crippen LogP contribution in [-0.4, -0.2) is 25.7 Å². The predicted octanol–water partition coefficient (Wildman–Crippen LogP) is 1.76. The fourth-order valence-corrected chi connectivity index (χ4v) is 1.98. The second-order valence-corrected chi connectivity index (χ2v) is 4.04. The summed E-state index contributed by atoms with van der Waals surface area (Å²) >= 11 is 0. The molecule has 0 aliphatic carbocycles. The predicted molar refractivity (Wildman–Crippen MR) is 62.4 cm³/mol. The molecule has 0 aromatic heterocycles. The Labute approximate surface area is 95.0 Å². The highest BCUT2D eigenvalue weighted by Crippen LogP contribution is 2.25. The molecule has 88 valence electrons. The molecule has 1 aliphatic rings. The zero-order valence-electron chi connectivity index (χ0n) is 9.45. The van der Waals surface area contributed by atoms with E-state index in [0.717, 1.165) is 25.2 Å². The van der Waals surface area contributed by atoms with E-state index in [1.54, 1.807) is 6.07 Å². The summed E-state index contributed by atoms with van der Waals surface area (Å²) in [6.45, 7) is 4.01. The van der Waals surface area contributed by atoms with E-state index in [-0.39, 0.29) is 11.9 Å². The average molecular weight is 224 g/mol. The molecule has 0 saturated carbocycles. The average Bonchev–Trinajstić information content (AvgIpc) is 2.68. The Hall–Kier alpha value is -1.29. The van der Waals surface area contributed by atoms with E-state index in [2.05, 4.69) is 4.90 Å². The molecule has 4 heteroatoms. The molecule has 1 heterocycles. The van der Waals surface area contributed by atoms with Crippen LogP contribution in [0.4, 0.5) is 10.1 Å². The summed E-state index contributed by atoms with van der Waals surface area (Å²) in [4.78, 5) is 2.10. The minimum atomic E-state index is -0.306. The van der Waals surface area contributed by atoms with Crippen LogP contribution in [0.2, 0.25) is 0 Å². The van der Waals surface area contributed by atoms with Crippen molar-refractivity contribution >= 4 is 5.69 Å². The summed E-state index contributed by atoms with van der Waals surface area (Å²) in [5, 5.41) is 0. The van der Waals surface area contributed by atoms with Crippen molar-refractivity contribution < 1.29 is 9.13 Å². The maximum Gasteiger partial charge on any atom is 0.167 e. The van der Waals surface area contributed by atoms with Gasteiger partial charge in [-0.3, -0.25) is 0 Å². The van der Waals surface area contributed by atoms with Gasteiger partial charge in [0, 0.05) is 30.9 Å². The third-order valence-electron chi connectivity index (χ3n) is 2.81. The van der Waals surface area contributed by atoms with Gasteiger partial charge in [0.1, 0.15) is 0 Å². The van der Waals surface area contributed by atoms with Crippen molar-refractivity contribution in [2.24, 2.45) is 5.73 Å². The van der Waals surface area contributed by atoms with Crippen LogP contribution in [0.1, 0.15) is 13.3 Å². The van der Waals surface area contributed by atoms with E-state index in [0.29, 0.717) is 12.4 Å². The number of benzene rings is 1. The van der Waals surface area contributed by atoms with Crippen molar-refractivity contribution in [1.29, 1.82) is 0 Å². The summed E-state index contributed by atoms with van der Waals surface area (Å²) in [6, 6.07) is 5.28. The molecule has 0 bridgehead atoms. The van der Waals surface area contributed by atoms with Crippen LogP contribution in [0.15, 0.2) is 18.2 Å². The van der Waals surface area contributed by atoms with Gasteiger partial charge in [0.25, 0.3) is 0 Å². The quantitative estimate of drug-likeness (QED) is 0.850. The van der Waals surface area contributed by atoms with Crippen LogP contribution in [0.3, 0.4) is 0 Å². The lowest BCUT2D eigenvalue weighted by atomic mass is 10.2. The molecule has 1 aromatic rings. The molecule has 2 N–H and O–H groups in total. The third kappa shape index (κ3) is 2.27. The molecule has 0 amide bonds. The summed E-state index contributed by atoms with van der Waals surface area (Å²) in [6.07, 6.45) is 0.967. The van der Waals surface area contributed by atoms with Gasteiger partial charge >= 0.3 is 0 Å². The van der Waals surface area contributed by atoms with Crippen molar-refractivity contribution in [1.82, 2.24) is 0 Å². The number of nitrogens with two attached hydrogens (primary N) is 1. The molecule has 1 aromatic carbocycles. The first kappa shape index (κ1) is 11.2. The Balaban J connectivity index is 2.14. The Morgan fingerprint density at radius 1 is 1.56 bits per heavy atom. The van der Waals surface area contributed by atoms with Crippen LogP contribution >= 0.6 is 0 Å². The Morgan fingerprint density at radius 3 is 2.94 bits per heavy atom. The monoisotopic (exact) mass is 224 g/mol. The maximum absolute atomic E-state index is 13.6. The minimum absolute atomic E-state index is 0.203. The Kier molecular flexibility index (Phi) is 3.29. The molecule has 0 radical (unpaired) electrons. The highest BCUT2D eigenvalue weighted by atomic mass is 19.1. The van der Waals surface area contributed by atoms with E-state index >= 15 is 0 Å². The summed E-state index contributed by atoms with van der Waals surface area (Å²) < 4.78 is 18.8. The number of halogens is 1. The molecule has 1 unspecified atom stereocenters. The highest BCUT2D eigenvalue weighted by molar-refractivity contribution is 5.50. The zero-order valence-corrected chi connectivity index (χ0v) is 9.45. The molecule has 3 nitrogen and oxygen atoms in total. The largest absolute Gasteiger partial charge is 0.491 e. The van der Waals surface area contributed by atoms with Crippen LogP contribution in [-0.2, 0) is 0 Å².